The average molecular weight is 325 g/mol. The predicted octanol–water partition coefficient (Wildman–Crippen LogP) is 3.18. The zero-order chi connectivity index (χ0) is 11.1. The lowest BCUT2D eigenvalue weighted by molar-refractivity contribution is 0.312. The fourth-order valence-corrected chi connectivity index (χ4v) is 2.37. The maximum atomic E-state index is 5.85. The Labute approximate surface area is 112 Å². The molecule has 0 aliphatic heterocycles. The largest absolute Gasteiger partial charge is 0.337 e. The van der Waals surface area contributed by atoms with Gasteiger partial charge in [0.1, 0.15) is 0 Å². The first-order valence-electron chi connectivity index (χ1n) is 4.34. The standard InChI is InChI=1S/C9H10BrN3OS.ClH/c1-9(2,11)8-12-7(13-14-8)6-3-5(10)4-15-6;/h3-4H,11H2,1-2H3;1H. The molecule has 2 heterocycles. The molecular formula is C9H11BrClN3OS. The van der Waals surface area contributed by atoms with Crippen LogP contribution in [0.2, 0.25) is 0 Å². The van der Waals surface area contributed by atoms with Crippen molar-refractivity contribution in [2.45, 2.75) is 19.4 Å². The van der Waals surface area contributed by atoms with Crippen LogP contribution in [0.5, 0.6) is 0 Å². The van der Waals surface area contributed by atoms with Crippen molar-refractivity contribution in [2.75, 3.05) is 0 Å². The van der Waals surface area contributed by atoms with Crippen molar-refractivity contribution in [3.05, 3.63) is 21.8 Å². The van der Waals surface area contributed by atoms with Gasteiger partial charge in [-0.15, -0.1) is 23.7 Å². The maximum absolute atomic E-state index is 5.85. The van der Waals surface area contributed by atoms with Gasteiger partial charge in [-0.25, -0.2) is 0 Å². The van der Waals surface area contributed by atoms with Crippen LogP contribution in [0.15, 0.2) is 20.4 Å². The molecule has 4 nitrogen and oxygen atoms in total. The number of thiophene rings is 1. The van der Waals surface area contributed by atoms with E-state index in [0.717, 1.165) is 9.35 Å². The molecule has 7 heteroatoms. The Balaban J connectivity index is 0.00000128. The minimum absolute atomic E-state index is 0. The van der Waals surface area contributed by atoms with Crippen molar-refractivity contribution in [3.63, 3.8) is 0 Å². The third kappa shape index (κ3) is 2.82. The summed E-state index contributed by atoms with van der Waals surface area (Å²) < 4.78 is 6.11. The summed E-state index contributed by atoms with van der Waals surface area (Å²) in [6.45, 7) is 3.66. The van der Waals surface area contributed by atoms with Crippen LogP contribution in [0, 0.1) is 0 Å². The molecule has 0 bridgehead atoms. The van der Waals surface area contributed by atoms with E-state index in [1.54, 1.807) is 11.3 Å². The van der Waals surface area contributed by atoms with Crippen molar-refractivity contribution in [2.24, 2.45) is 5.73 Å². The van der Waals surface area contributed by atoms with Crippen molar-refractivity contribution in [1.29, 1.82) is 0 Å². The van der Waals surface area contributed by atoms with Crippen molar-refractivity contribution < 1.29 is 4.52 Å². The highest BCUT2D eigenvalue weighted by molar-refractivity contribution is 9.10. The van der Waals surface area contributed by atoms with Gasteiger partial charge >= 0.3 is 0 Å². The molecule has 0 saturated carbocycles. The third-order valence-electron chi connectivity index (χ3n) is 1.77. The van der Waals surface area contributed by atoms with E-state index in [9.17, 15) is 0 Å². The van der Waals surface area contributed by atoms with E-state index < -0.39 is 5.54 Å². The van der Waals surface area contributed by atoms with Crippen LogP contribution in [0.25, 0.3) is 10.7 Å². The van der Waals surface area contributed by atoms with Crippen molar-refractivity contribution in [3.8, 4) is 10.7 Å². The molecule has 0 radical (unpaired) electrons. The van der Waals surface area contributed by atoms with E-state index in [-0.39, 0.29) is 12.4 Å². The van der Waals surface area contributed by atoms with E-state index in [2.05, 4.69) is 26.1 Å². The molecule has 16 heavy (non-hydrogen) atoms. The number of nitrogens with zero attached hydrogens (tertiary/aromatic N) is 2. The van der Waals surface area contributed by atoms with Gasteiger partial charge in [0.2, 0.25) is 11.7 Å². The number of hydrogen-bond donors (Lipinski definition) is 1. The monoisotopic (exact) mass is 323 g/mol. The molecule has 0 aromatic carbocycles. The Hall–Kier alpha value is -0.430. The van der Waals surface area contributed by atoms with Crippen LogP contribution >= 0.6 is 39.7 Å². The van der Waals surface area contributed by atoms with Crippen molar-refractivity contribution >= 4 is 39.7 Å². The lowest BCUT2D eigenvalue weighted by atomic mass is 10.1. The summed E-state index contributed by atoms with van der Waals surface area (Å²) in [5, 5.41) is 5.86. The summed E-state index contributed by atoms with van der Waals surface area (Å²) in [6, 6.07) is 1.95. The van der Waals surface area contributed by atoms with Crippen molar-refractivity contribution in [1.82, 2.24) is 10.1 Å². The van der Waals surface area contributed by atoms with E-state index >= 15 is 0 Å². The number of aromatic nitrogens is 2. The van der Waals surface area contributed by atoms with E-state index in [4.69, 9.17) is 10.3 Å². The molecule has 2 aromatic rings. The molecule has 0 aliphatic rings. The summed E-state index contributed by atoms with van der Waals surface area (Å²) in [7, 11) is 0. The first-order chi connectivity index (χ1) is 6.97. The summed E-state index contributed by atoms with van der Waals surface area (Å²) in [6.07, 6.45) is 0. The molecule has 2 N–H and O–H groups in total. The fraction of sp³-hybridized carbons (Fsp3) is 0.333. The summed E-state index contributed by atoms with van der Waals surface area (Å²) in [4.78, 5) is 5.21. The molecule has 0 amide bonds. The molecule has 0 spiro atoms. The second-order valence-corrected chi connectivity index (χ2v) is 5.60. The Bertz CT molecular complexity index is 477. The Morgan fingerprint density at radius 1 is 1.50 bits per heavy atom. The SMILES string of the molecule is CC(C)(N)c1nc(-c2cc(Br)cs2)no1.Cl. The lowest BCUT2D eigenvalue weighted by Gasteiger charge is -2.10. The van der Waals surface area contributed by atoms with Gasteiger partial charge in [0, 0.05) is 9.85 Å². The molecule has 2 rings (SSSR count). The topological polar surface area (TPSA) is 64.9 Å². The third-order valence-corrected chi connectivity index (χ3v) is 3.45. The molecule has 0 atom stereocenters. The van der Waals surface area contributed by atoms with Crippen LogP contribution in [-0.2, 0) is 5.54 Å². The van der Waals surface area contributed by atoms with Crippen LogP contribution in [0.3, 0.4) is 0 Å². The van der Waals surface area contributed by atoms with Gasteiger partial charge in [0.15, 0.2) is 0 Å². The number of rotatable bonds is 2. The minimum Gasteiger partial charge on any atom is -0.337 e. The summed E-state index contributed by atoms with van der Waals surface area (Å²) in [5.74, 6) is 1.03. The Morgan fingerprint density at radius 3 is 2.62 bits per heavy atom. The zero-order valence-electron chi connectivity index (χ0n) is 8.73. The minimum atomic E-state index is -0.597. The number of hydrogen-bond acceptors (Lipinski definition) is 5. The smallest absolute Gasteiger partial charge is 0.246 e. The predicted molar refractivity (Wildman–Crippen MR) is 69.8 cm³/mol. The fourth-order valence-electron chi connectivity index (χ4n) is 1.02. The van der Waals surface area contributed by atoms with Crippen LogP contribution in [0.1, 0.15) is 19.7 Å². The van der Waals surface area contributed by atoms with E-state index in [1.165, 1.54) is 0 Å². The highest BCUT2D eigenvalue weighted by Gasteiger charge is 2.23. The van der Waals surface area contributed by atoms with Gasteiger partial charge in [-0.3, -0.25) is 0 Å². The Kier molecular flexibility index (Phi) is 4.12. The van der Waals surface area contributed by atoms with Gasteiger partial charge in [0.25, 0.3) is 0 Å². The normalized spacial score (nSPS) is 11.2. The molecule has 0 unspecified atom stereocenters. The lowest BCUT2D eigenvalue weighted by Crippen LogP contribution is -2.28. The van der Waals surface area contributed by atoms with Crippen LogP contribution in [-0.4, -0.2) is 10.1 Å². The zero-order valence-corrected chi connectivity index (χ0v) is 11.9. The van der Waals surface area contributed by atoms with Gasteiger partial charge in [-0.05, 0) is 35.8 Å². The quantitative estimate of drug-likeness (QED) is 0.921. The summed E-state index contributed by atoms with van der Waals surface area (Å²) >= 11 is 4.93. The number of halogens is 2. The van der Waals surface area contributed by atoms with Crippen LogP contribution in [0.4, 0.5) is 0 Å². The van der Waals surface area contributed by atoms with Crippen LogP contribution < -0.4 is 5.73 Å². The molecule has 88 valence electrons. The molecule has 0 fully saturated rings. The second-order valence-electron chi connectivity index (χ2n) is 3.77. The van der Waals surface area contributed by atoms with E-state index in [0.29, 0.717) is 11.7 Å². The highest BCUT2D eigenvalue weighted by Crippen LogP contribution is 2.28. The second kappa shape index (κ2) is 4.83. The number of nitrogens with two attached hydrogens (primary N) is 1. The molecule has 0 aliphatic carbocycles. The molecular weight excluding hydrogens is 314 g/mol. The first-order valence-corrected chi connectivity index (χ1v) is 6.01. The van der Waals surface area contributed by atoms with Gasteiger partial charge in [-0.2, -0.15) is 4.98 Å². The average Bonchev–Trinajstić information content (AvgIpc) is 2.69. The van der Waals surface area contributed by atoms with Gasteiger partial charge < -0.3 is 10.3 Å². The summed E-state index contributed by atoms with van der Waals surface area (Å²) in [5.41, 5.74) is 5.25. The first kappa shape index (κ1) is 13.6. The van der Waals surface area contributed by atoms with Gasteiger partial charge in [-0.1, -0.05) is 5.16 Å². The maximum Gasteiger partial charge on any atom is 0.246 e. The van der Waals surface area contributed by atoms with Gasteiger partial charge in [0.05, 0.1) is 10.4 Å². The molecule has 2 aromatic heterocycles. The highest BCUT2D eigenvalue weighted by atomic mass is 79.9. The van der Waals surface area contributed by atoms with E-state index in [1.807, 2.05) is 25.3 Å². The Morgan fingerprint density at radius 2 is 2.19 bits per heavy atom. The molecule has 0 saturated heterocycles.